The molecule has 11 heavy (non-hydrogen) atoms. The van der Waals surface area contributed by atoms with Crippen LogP contribution in [0.5, 0.6) is 0 Å². The van der Waals surface area contributed by atoms with Gasteiger partial charge in [0.1, 0.15) is 0 Å². The van der Waals surface area contributed by atoms with Crippen molar-refractivity contribution in [3.05, 3.63) is 0 Å². The first kappa shape index (κ1) is 8.19. The smallest absolute Gasteiger partial charge is 0.0384 e. The van der Waals surface area contributed by atoms with Crippen molar-refractivity contribution < 1.29 is 4.94 Å². The molecule has 2 rings (SSSR count). The zero-order valence-electron chi connectivity index (χ0n) is 6.36. The Kier molecular flexibility index (Phi) is 2.98. The summed E-state index contributed by atoms with van der Waals surface area (Å²) in [6.45, 7) is 2.14. The normalized spacial score (nSPS) is 28.4. The predicted octanol–water partition coefficient (Wildman–Crippen LogP) is 1.54. The molecule has 5 heteroatoms. The molecule has 2 fully saturated rings. The van der Waals surface area contributed by atoms with Crippen molar-refractivity contribution >= 4 is 23.9 Å². The highest BCUT2D eigenvalue weighted by Crippen LogP contribution is 2.26. The van der Waals surface area contributed by atoms with Crippen LogP contribution in [0.15, 0.2) is 0 Å². The number of hydroxylamine groups is 2. The van der Waals surface area contributed by atoms with E-state index in [4.69, 9.17) is 4.94 Å². The molecule has 0 aromatic carbocycles. The van der Waals surface area contributed by atoms with E-state index in [0.717, 1.165) is 13.1 Å². The van der Waals surface area contributed by atoms with Crippen LogP contribution in [0.4, 0.5) is 0 Å². The topological polar surface area (TPSA) is 15.7 Å². The molecule has 2 heterocycles. The number of hydrogen-bond acceptors (Lipinski definition) is 5. The Hall–Kier alpha value is 0.580. The van der Waals surface area contributed by atoms with Crippen LogP contribution in [-0.4, -0.2) is 33.5 Å². The second kappa shape index (κ2) is 4.00. The minimum Gasteiger partial charge on any atom is -0.187 e. The summed E-state index contributed by atoms with van der Waals surface area (Å²) in [4.78, 5) is 5.56. The summed E-state index contributed by atoms with van der Waals surface area (Å²) >= 11 is 3.57. The Bertz CT molecular complexity index is 110. The number of nitrogens with zero attached hydrogens (tertiary/aromatic N) is 2. The quantitative estimate of drug-likeness (QED) is 0.615. The van der Waals surface area contributed by atoms with Gasteiger partial charge in [-0.25, -0.2) is 0 Å². The van der Waals surface area contributed by atoms with E-state index in [1.807, 2.05) is 8.94 Å². The summed E-state index contributed by atoms with van der Waals surface area (Å²) in [5.74, 6) is 2.41. The third-order valence-electron chi connectivity index (χ3n) is 1.62. The summed E-state index contributed by atoms with van der Waals surface area (Å²) in [6, 6.07) is 0. The van der Waals surface area contributed by atoms with Crippen LogP contribution >= 0.6 is 23.9 Å². The SMILES string of the molecule is C1CSN(ON2CCCS2)C1. The predicted molar refractivity (Wildman–Crippen MR) is 48.6 cm³/mol. The van der Waals surface area contributed by atoms with Gasteiger partial charge in [0, 0.05) is 24.6 Å². The molecule has 0 aromatic rings. The lowest BCUT2D eigenvalue weighted by atomic mass is 10.5. The van der Waals surface area contributed by atoms with Crippen molar-refractivity contribution in [2.24, 2.45) is 0 Å². The van der Waals surface area contributed by atoms with E-state index >= 15 is 0 Å². The third-order valence-corrected chi connectivity index (χ3v) is 3.64. The van der Waals surface area contributed by atoms with Crippen LogP contribution in [0, 0.1) is 0 Å². The molecule has 0 atom stereocenters. The van der Waals surface area contributed by atoms with Gasteiger partial charge in [0.15, 0.2) is 0 Å². The lowest BCUT2D eigenvalue weighted by molar-refractivity contribution is -0.213. The van der Waals surface area contributed by atoms with Crippen molar-refractivity contribution in [2.75, 3.05) is 24.6 Å². The van der Waals surface area contributed by atoms with Gasteiger partial charge in [-0.2, -0.15) is 4.94 Å². The van der Waals surface area contributed by atoms with Gasteiger partial charge < -0.3 is 0 Å². The van der Waals surface area contributed by atoms with E-state index in [0.29, 0.717) is 0 Å². The molecule has 2 aliphatic rings. The minimum atomic E-state index is 1.07. The van der Waals surface area contributed by atoms with Gasteiger partial charge in [-0.1, -0.05) is 0 Å². The lowest BCUT2D eigenvalue weighted by Crippen LogP contribution is -2.22. The molecule has 0 amide bonds. The fraction of sp³-hybridized carbons (Fsp3) is 1.00. The van der Waals surface area contributed by atoms with Crippen LogP contribution in [0.25, 0.3) is 0 Å². The van der Waals surface area contributed by atoms with Crippen LogP contribution < -0.4 is 0 Å². The Balaban J connectivity index is 1.71. The molecule has 0 aromatic heterocycles. The minimum absolute atomic E-state index is 1.07. The van der Waals surface area contributed by atoms with Crippen molar-refractivity contribution in [1.82, 2.24) is 8.94 Å². The van der Waals surface area contributed by atoms with Crippen molar-refractivity contribution in [1.29, 1.82) is 0 Å². The first-order chi connectivity index (χ1) is 5.45. The molecule has 2 aliphatic heterocycles. The van der Waals surface area contributed by atoms with Crippen molar-refractivity contribution in [3.63, 3.8) is 0 Å². The molecular weight excluding hydrogens is 180 g/mol. The Morgan fingerprint density at radius 2 is 1.45 bits per heavy atom. The van der Waals surface area contributed by atoms with Crippen LogP contribution in [0.1, 0.15) is 12.8 Å². The largest absolute Gasteiger partial charge is 0.187 e. The van der Waals surface area contributed by atoms with E-state index in [1.54, 1.807) is 23.9 Å². The van der Waals surface area contributed by atoms with Crippen molar-refractivity contribution in [3.8, 4) is 0 Å². The first-order valence-electron chi connectivity index (χ1n) is 3.94. The maximum Gasteiger partial charge on any atom is 0.0384 e. The van der Waals surface area contributed by atoms with E-state index in [9.17, 15) is 0 Å². The maximum absolute atomic E-state index is 5.56. The first-order valence-corrected chi connectivity index (χ1v) is 5.83. The molecule has 3 nitrogen and oxygen atoms in total. The van der Waals surface area contributed by atoms with Gasteiger partial charge in [-0.15, -0.1) is 8.94 Å². The van der Waals surface area contributed by atoms with Gasteiger partial charge in [0.2, 0.25) is 0 Å². The summed E-state index contributed by atoms with van der Waals surface area (Å²) in [5, 5.41) is 0. The van der Waals surface area contributed by atoms with Gasteiger partial charge in [-0.05, 0) is 36.7 Å². The van der Waals surface area contributed by atoms with E-state index in [2.05, 4.69) is 0 Å². The van der Waals surface area contributed by atoms with E-state index in [-0.39, 0.29) is 0 Å². The highest BCUT2D eigenvalue weighted by atomic mass is 32.2. The van der Waals surface area contributed by atoms with Gasteiger partial charge in [0.25, 0.3) is 0 Å². The monoisotopic (exact) mass is 192 g/mol. The van der Waals surface area contributed by atoms with Gasteiger partial charge in [0.05, 0.1) is 0 Å². The molecule has 64 valence electrons. The Labute approximate surface area is 75.6 Å². The highest BCUT2D eigenvalue weighted by molar-refractivity contribution is 7.97. The molecule has 0 spiro atoms. The second-order valence-corrected chi connectivity index (χ2v) is 4.72. The van der Waals surface area contributed by atoms with Gasteiger partial charge >= 0.3 is 0 Å². The lowest BCUT2D eigenvalue weighted by Gasteiger charge is -2.18. The number of hydrogen-bond donors (Lipinski definition) is 0. The van der Waals surface area contributed by atoms with E-state index < -0.39 is 0 Å². The molecule has 2 saturated heterocycles. The molecule has 0 bridgehead atoms. The van der Waals surface area contributed by atoms with Crippen LogP contribution in [0.3, 0.4) is 0 Å². The maximum atomic E-state index is 5.56. The number of rotatable bonds is 2. The average molecular weight is 192 g/mol. The van der Waals surface area contributed by atoms with E-state index in [1.165, 1.54) is 24.3 Å². The Morgan fingerprint density at radius 1 is 0.909 bits per heavy atom. The summed E-state index contributed by atoms with van der Waals surface area (Å²) in [5.41, 5.74) is 0. The molecule has 0 aliphatic carbocycles. The Morgan fingerprint density at radius 3 is 1.82 bits per heavy atom. The summed E-state index contributed by atoms with van der Waals surface area (Å²) in [7, 11) is 0. The van der Waals surface area contributed by atoms with Crippen molar-refractivity contribution in [2.45, 2.75) is 12.8 Å². The fourth-order valence-electron chi connectivity index (χ4n) is 1.08. The zero-order chi connectivity index (χ0) is 7.52. The molecule has 0 saturated carbocycles. The summed E-state index contributed by atoms with van der Waals surface area (Å²) < 4.78 is 3.97. The van der Waals surface area contributed by atoms with Crippen LogP contribution in [0.2, 0.25) is 0 Å². The average Bonchev–Trinajstić information content (AvgIpc) is 2.60. The standard InChI is InChI=1S/C6H12N2OS2/c1-3-7(10-5-1)9-8-4-2-6-11-8/h1-6H2. The second-order valence-electron chi connectivity index (χ2n) is 2.57. The van der Waals surface area contributed by atoms with Gasteiger partial charge in [-0.3, -0.25) is 0 Å². The molecule has 0 radical (unpaired) electrons. The fourth-order valence-corrected chi connectivity index (χ4v) is 2.82. The third kappa shape index (κ3) is 2.26. The highest BCUT2D eigenvalue weighted by Gasteiger charge is 2.20. The molecule has 0 N–H and O–H groups in total. The zero-order valence-corrected chi connectivity index (χ0v) is 7.99. The molecular formula is C6H12N2OS2. The molecule has 0 unspecified atom stereocenters. The summed E-state index contributed by atoms with van der Waals surface area (Å²) in [6.07, 6.45) is 2.51. The van der Waals surface area contributed by atoms with Crippen LogP contribution in [-0.2, 0) is 4.94 Å².